The number of methoxy groups -OCH3 is 2. The molecule has 0 saturated heterocycles. The van der Waals surface area contributed by atoms with Crippen LogP contribution in [-0.4, -0.2) is 56.0 Å². The molecule has 7 heteroatoms. The average molecular weight is 443 g/mol. The average Bonchev–Trinajstić information content (AvgIpc) is 3.34. The molecule has 0 bridgehead atoms. The first kappa shape index (κ1) is 21.7. The number of thiophene rings is 1. The van der Waals surface area contributed by atoms with Gasteiger partial charge in [-0.1, -0.05) is 25.3 Å². The largest absolute Gasteiger partial charge is 0.493 e. The van der Waals surface area contributed by atoms with E-state index in [-0.39, 0.29) is 23.9 Å². The number of rotatable bonds is 5. The van der Waals surface area contributed by atoms with Crippen LogP contribution < -0.4 is 9.47 Å². The number of amides is 2. The number of benzene rings is 1. The van der Waals surface area contributed by atoms with Gasteiger partial charge in [-0.2, -0.15) is 0 Å². The lowest BCUT2D eigenvalue weighted by atomic mass is 9.80. The Kier molecular flexibility index (Phi) is 6.23. The van der Waals surface area contributed by atoms with Crippen molar-refractivity contribution < 1.29 is 19.1 Å². The summed E-state index contributed by atoms with van der Waals surface area (Å²) < 4.78 is 11.0. The number of likely N-dealkylation sites (N-methyl/N-ethyl adjacent to an activating group) is 2. The summed E-state index contributed by atoms with van der Waals surface area (Å²) in [6, 6.07) is 7.39. The van der Waals surface area contributed by atoms with Gasteiger partial charge in [0.2, 0.25) is 5.91 Å². The molecule has 2 amide bonds. The Labute approximate surface area is 187 Å². The molecule has 2 atom stereocenters. The minimum Gasteiger partial charge on any atom is -0.493 e. The van der Waals surface area contributed by atoms with E-state index in [9.17, 15) is 9.59 Å². The minimum absolute atomic E-state index is 0.0538. The van der Waals surface area contributed by atoms with Crippen molar-refractivity contribution in [2.75, 3.05) is 28.3 Å². The fourth-order valence-electron chi connectivity index (χ4n) is 5.00. The predicted octanol–water partition coefficient (Wildman–Crippen LogP) is 4.47. The lowest BCUT2D eigenvalue weighted by Crippen LogP contribution is -2.48. The molecule has 1 aliphatic heterocycles. The van der Waals surface area contributed by atoms with Gasteiger partial charge in [0, 0.05) is 30.6 Å². The van der Waals surface area contributed by atoms with Crippen LogP contribution in [0.5, 0.6) is 11.5 Å². The van der Waals surface area contributed by atoms with E-state index in [1.807, 2.05) is 35.5 Å². The number of hydrogen-bond acceptors (Lipinski definition) is 5. The van der Waals surface area contributed by atoms with E-state index in [1.165, 1.54) is 6.42 Å². The quantitative estimate of drug-likeness (QED) is 0.686. The third kappa shape index (κ3) is 3.80. The molecule has 2 aliphatic rings. The fourth-order valence-corrected chi connectivity index (χ4v) is 5.90. The maximum atomic E-state index is 14.0. The summed E-state index contributed by atoms with van der Waals surface area (Å²) in [7, 11) is 6.83. The first-order valence-corrected chi connectivity index (χ1v) is 11.7. The van der Waals surface area contributed by atoms with Crippen LogP contribution in [0.2, 0.25) is 0 Å². The van der Waals surface area contributed by atoms with Crippen molar-refractivity contribution in [2.24, 2.45) is 0 Å². The van der Waals surface area contributed by atoms with Crippen LogP contribution in [0.4, 0.5) is 0 Å². The van der Waals surface area contributed by atoms with Crippen LogP contribution in [0.3, 0.4) is 0 Å². The molecule has 2 aromatic rings. The van der Waals surface area contributed by atoms with Gasteiger partial charge in [-0.05, 0) is 42.0 Å². The van der Waals surface area contributed by atoms with Crippen molar-refractivity contribution >= 4 is 23.2 Å². The van der Waals surface area contributed by atoms with Crippen molar-refractivity contribution in [2.45, 2.75) is 50.1 Å². The van der Waals surface area contributed by atoms with Gasteiger partial charge >= 0.3 is 0 Å². The van der Waals surface area contributed by atoms with E-state index >= 15 is 0 Å². The standard InChI is InChI=1S/C24H30N2O4S/c1-25(15-9-6-5-7-10-15)24(28)21-16-13-18(29-3)19(30-4)14-17(16)23(27)26(2)22(21)20-11-8-12-31-20/h8,11-15,21-22H,5-7,9-10H2,1-4H3/t21-,22-/m1/s1. The Morgan fingerprint density at radius 2 is 1.81 bits per heavy atom. The molecule has 4 rings (SSSR count). The molecule has 31 heavy (non-hydrogen) atoms. The maximum Gasteiger partial charge on any atom is 0.254 e. The highest BCUT2D eigenvalue weighted by Gasteiger charge is 2.45. The van der Waals surface area contributed by atoms with Crippen LogP contribution in [0.25, 0.3) is 0 Å². The Morgan fingerprint density at radius 3 is 2.42 bits per heavy atom. The lowest BCUT2D eigenvalue weighted by Gasteiger charge is -2.42. The second-order valence-corrected chi connectivity index (χ2v) is 9.37. The summed E-state index contributed by atoms with van der Waals surface area (Å²) in [4.78, 5) is 32.0. The number of carbonyl (C=O) groups excluding carboxylic acids is 2. The normalized spacial score (nSPS) is 21.5. The molecular weight excluding hydrogens is 412 g/mol. The van der Waals surface area contributed by atoms with Gasteiger partial charge in [0.1, 0.15) is 0 Å². The molecule has 166 valence electrons. The predicted molar refractivity (Wildman–Crippen MR) is 121 cm³/mol. The molecule has 0 unspecified atom stereocenters. The van der Waals surface area contributed by atoms with Gasteiger partial charge < -0.3 is 19.3 Å². The molecule has 2 heterocycles. The van der Waals surface area contributed by atoms with Crippen molar-refractivity contribution in [3.63, 3.8) is 0 Å². The number of nitrogens with zero attached hydrogens (tertiary/aromatic N) is 2. The molecule has 0 spiro atoms. The Hall–Kier alpha value is -2.54. The topological polar surface area (TPSA) is 59.1 Å². The number of ether oxygens (including phenoxy) is 2. The molecule has 0 radical (unpaired) electrons. The van der Waals surface area contributed by atoms with Crippen molar-refractivity contribution in [1.29, 1.82) is 0 Å². The van der Waals surface area contributed by atoms with Crippen LogP contribution in [0, 0.1) is 0 Å². The highest BCUT2D eigenvalue weighted by molar-refractivity contribution is 7.10. The van der Waals surface area contributed by atoms with Gasteiger partial charge in [0.25, 0.3) is 5.91 Å². The number of carbonyl (C=O) groups is 2. The van der Waals surface area contributed by atoms with Gasteiger partial charge in [0.15, 0.2) is 11.5 Å². The van der Waals surface area contributed by atoms with E-state index in [1.54, 1.807) is 43.6 Å². The van der Waals surface area contributed by atoms with Gasteiger partial charge in [-0.3, -0.25) is 9.59 Å². The fraction of sp³-hybridized carbons (Fsp3) is 0.500. The number of hydrogen-bond donors (Lipinski definition) is 0. The lowest BCUT2D eigenvalue weighted by molar-refractivity contribution is -0.135. The Balaban J connectivity index is 1.84. The van der Waals surface area contributed by atoms with Crippen molar-refractivity contribution in [3.05, 3.63) is 45.6 Å². The highest BCUT2D eigenvalue weighted by Crippen LogP contribution is 2.47. The smallest absolute Gasteiger partial charge is 0.254 e. The molecule has 1 aliphatic carbocycles. The number of fused-ring (bicyclic) bond motifs is 1. The zero-order chi connectivity index (χ0) is 22.1. The SMILES string of the molecule is COc1cc2c(cc1OC)[C@@H](C(=O)N(C)C1CCCCC1)[C@@H](c1cccs1)N(C)C2=O. The summed E-state index contributed by atoms with van der Waals surface area (Å²) in [5.41, 5.74) is 1.22. The van der Waals surface area contributed by atoms with E-state index in [2.05, 4.69) is 0 Å². The maximum absolute atomic E-state index is 14.0. The molecule has 6 nitrogen and oxygen atoms in total. The molecule has 1 fully saturated rings. The molecule has 0 N–H and O–H groups in total. The third-order valence-corrected chi connectivity index (χ3v) is 7.69. The van der Waals surface area contributed by atoms with Crippen LogP contribution in [0.1, 0.15) is 64.9 Å². The van der Waals surface area contributed by atoms with Gasteiger partial charge in [-0.25, -0.2) is 0 Å². The summed E-state index contributed by atoms with van der Waals surface area (Å²) in [5, 5.41) is 1.99. The van der Waals surface area contributed by atoms with Gasteiger partial charge in [-0.15, -0.1) is 11.3 Å². The van der Waals surface area contributed by atoms with Crippen molar-refractivity contribution in [3.8, 4) is 11.5 Å². The first-order chi connectivity index (χ1) is 15.0. The van der Waals surface area contributed by atoms with Gasteiger partial charge in [0.05, 0.1) is 26.2 Å². The second kappa shape index (κ2) is 8.91. The van der Waals surface area contributed by atoms with E-state index < -0.39 is 5.92 Å². The second-order valence-electron chi connectivity index (χ2n) is 8.39. The summed E-state index contributed by atoms with van der Waals surface area (Å²) in [6.07, 6.45) is 5.61. The highest BCUT2D eigenvalue weighted by atomic mass is 32.1. The molecule has 1 saturated carbocycles. The zero-order valence-electron chi connectivity index (χ0n) is 18.6. The summed E-state index contributed by atoms with van der Waals surface area (Å²) in [6.45, 7) is 0. The Bertz CT molecular complexity index is 953. The van der Waals surface area contributed by atoms with Crippen LogP contribution >= 0.6 is 11.3 Å². The first-order valence-electron chi connectivity index (χ1n) is 10.8. The van der Waals surface area contributed by atoms with Crippen LogP contribution in [-0.2, 0) is 4.79 Å². The molecular formula is C24H30N2O4S. The van der Waals surface area contributed by atoms with E-state index in [4.69, 9.17) is 9.47 Å². The summed E-state index contributed by atoms with van der Waals surface area (Å²) in [5.74, 6) is 0.464. The van der Waals surface area contributed by atoms with Crippen LogP contribution in [0.15, 0.2) is 29.6 Å². The van der Waals surface area contributed by atoms with E-state index in [0.717, 1.165) is 30.6 Å². The molecule has 1 aromatic carbocycles. The van der Waals surface area contributed by atoms with Crippen molar-refractivity contribution in [1.82, 2.24) is 9.80 Å². The summed E-state index contributed by atoms with van der Waals surface area (Å²) >= 11 is 1.58. The van der Waals surface area contributed by atoms with E-state index in [0.29, 0.717) is 22.6 Å². The third-order valence-electron chi connectivity index (χ3n) is 6.75. The minimum atomic E-state index is -0.497. The monoisotopic (exact) mass is 442 g/mol. The Morgan fingerprint density at radius 1 is 1.13 bits per heavy atom. The zero-order valence-corrected chi connectivity index (χ0v) is 19.4. The molecule has 1 aromatic heterocycles.